The first-order valence-corrected chi connectivity index (χ1v) is 9.23. The van der Waals surface area contributed by atoms with Gasteiger partial charge in [0.15, 0.2) is 5.16 Å². The highest BCUT2D eigenvalue weighted by Crippen LogP contribution is 2.41. The molecule has 1 aliphatic carbocycles. The zero-order valence-electron chi connectivity index (χ0n) is 11.7. The van der Waals surface area contributed by atoms with Gasteiger partial charge in [-0.2, -0.15) is 0 Å². The summed E-state index contributed by atoms with van der Waals surface area (Å²) < 4.78 is 2.26. The third kappa shape index (κ3) is 2.72. The molecule has 1 unspecified atom stereocenters. The molecule has 1 aliphatic heterocycles. The summed E-state index contributed by atoms with van der Waals surface area (Å²) in [5.74, 6) is 2.01. The quantitative estimate of drug-likeness (QED) is 0.859. The SMILES string of the molecule is NCc1nnc(SCC2Cc3ccccc3S2)n1C1CC1. The summed E-state index contributed by atoms with van der Waals surface area (Å²) in [5, 5.41) is 10.3. The van der Waals surface area contributed by atoms with E-state index in [4.69, 9.17) is 5.73 Å². The van der Waals surface area contributed by atoms with E-state index in [1.54, 1.807) is 0 Å². The molecule has 2 aromatic rings. The van der Waals surface area contributed by atoms with Gasteiger partial charge in [0.25, 0.3) is 0 Å². The Hall–Kier alpha value is -0.980. The molecule has 0 radical (unpaired) electrons. The van der Waals surface area contributed by atoms with Gasteiger partial charge in [0.1, 0.15) is 5.82 Å². The van der Waals surface area contributed by atoms with Gasteiger partial charge < -0.3 is 10.3 Å². The number of nitrogens with zero attached hydrogens (tertiary/aromatic N) is 3. The molecule has 110 valence electrons. The minimum atomic E-state index is 0.480. The highest BCUT2D eigenvalue weighted by molar-refractivity contribution is 8.03. The van der Waals surface area contributed by atoms with Crippen LogP contribution in [-0.2, 0) is 13.0 Å². The van der Waals surface area contributed by atoms with Crippen LogP contribution in [0.4, 0.5) is 0 Å². The summed E-state index contributed by atoms with van der Waals surface area (Å²) in [5.41, 5.74) is 7.25. The van der Waals surface area contributed by atoms with E-state index in [0.717, 1.165) is 23.2 Å². The molecule has 4 nitrogen and oxygen atoms in total. The summed E-state index contributed by atoms with van der Waals surface area (Å²) in [6, 6.07) is 9.32. The number of fused-ring (bicyclic) bond motifs is 1. The van der Waals surface area contributed by atoms with Crippen molar-refractivity contribution < 1.29 is 0 Å². The molecule has 1 fully saturated rings. The number of aromatic nitrogens is 3. The fourth-order valence-corrected chi connectivity index (χ4v) is 5.26. The van der Waals surface area contributed by atoms with Crippen molar-refractivity contribution >= 4 is 23.5 Å². The van der Waals surface area contributed by atoms with Crippen LogP contribution in [0.5, 0.6) is 0 Å². The Labute approximate surface area is 132 Å². The molecular weight excluding hydrogens is 300 g/mol. The molecule has 0 bridgehead atoms. The number of benzene rings is 1. The Morgan fingerprint density at radius 3 is 2.90 bits per heavy atom. The van der Waals surface area contributed by atoms with E-state index in [-0.39, 0.29) is 0 Å². The van der Waals surface area contributed by atoms with E-state index in [1.165, 1.54) is 23.3 Å². The van der Waals surface area contributed by atoms with Crippen molar-refractivity contribution in [1.29, 1.82) is 0 Å². The highest BCUT2D eigenvalue weighted by atomic mass is 32.2. The van der Waals surface area contributed by atoms with Gasteiger partial charge in [0.2, 0.25) is 0 Å². The topological polar surface area (TPSA) is 56.7 Å². The molecule has 1 aromatic carbocycles. The van der Waals surface area contributed by atoms with Crippen molar-refractivity contribution in [2.45, 2.75) is 47.2 Å². The summed E-state index contributed by atoms with van der Waals surface area (Å²) in [7, 11) is 0. The minimum absolute atomic E-state index is 0.480. The maximum atomic E-state index is 5.77. The Bertz CT molecular complexity index is 626. The fraction of sp³-hybridized carbons (Fsp3) is 0.467. The second kappa shape index (κ2) is 5.66. The second-order valence-electron chi connectivity index (χ2n) is 5.57. The molecule has 2 N–H and O–H groups in total. The average Bonchev–Trinajstić information content (AvgIpc) is 3.13. The van der Waals surface area contributed by atoms with Crippen molar-refractivity contribution in [2.24, 2.45) is 5.73 Å². The summed E-state index contributed by atoms with van der Waals surface area (Å²) >= 11 is 3.83. The smallest absolute Gasteiger partial charge is 0.191 e. The van der Waals surface area contributed by atoms with Crippen molar-refractivity contribution in [1.82, 2.24) is 14.8 Å². The molecule has 21 heavy (non-hydrogen) atoms. The lowest BCUT2D eigenvalue weighted by Gasteiger charge is -2.10. The van der Waals surface area contributed by atoms with Crippen LogP contribution in [0.3, 0.4) is 0 Å². The Balaban J connectivity index is 1.43. The lowest BCUT2D eigenvalue weighted by atomic mass is 10.1. The van der Waals surface area contributed by atoms with Crippen LogP contribution in [0.2, 0.25) is 0 Å². The number of nitrogens with two attached hydrogens (primary N) is 1. The van der Waals surface area contributed by atoms with Crippen LogP contribution < -0.4 is 5.73 Å². The van der Waals surface area contributed by atoms with Crippen molar-refractivity contribution in [2.75, 3.05) is 5.75 Å². The van der Waals surface area contributed by atoms with Gasteiger partial charge in [-0.05, 0) is 30.9 Å². The molecule has 0 spiro atoms. The van der Waals surface area contributed by atoms with Gasteiger partial charge in [-0.15, -0.1) is 22.0 Å². The van der Waals surface area contributed by atoms with Crippen molar-refractivity contribution in [3.8, 4) is 0 Å². The van der Waals surface area contributed by atoms with Crippen molar-refractivity contribution in [3.05, 3.63) is 35.7 Å². The Kier molecular flexibility index (Phi) is 3.69. The van der Waals surface area contributed by atoms with Crippen LogP contribution in [-0.4, -0.2) is 25.8 Å². The van der Waals surface area contributed by atoms with Gasteiger partial charge in [-0.1, -0.05) is 30.0 Å². The van der Waals surface area contributed by atoms with Crippen molar-refractivity contribution in [3.63, 3.8) is 0 Å². The van der Waals surface area contributed by atoms with Gasteiger partial charge in [0, 0.05) is 21.9 Å². The molecule has 1 atom stereocenters. The number of thioether (sulfide) groups is 2. The Morgan fingerprint density at radius 2 is 2.14 bits per heavy atom. The van der Waals surface area contributed by atoms with E-state index in [0.29, 0.717) is 17.8 Å². The first-order chi connectivity index (χ1) is 10.3. The molecule has 4 rings (SSSR count). The lowest BCUT2D eigenvalue weighted by molar-refractivity contribution is 0.626. The van der Waals surface area contributed by atoms with Crippen LogP contribution in [0.25, 0.3) is 0 Å². The average molecular weight is 318 g/mol. The van der Waals surface area contributed by atoms with E-state index < -0.39 is 0 Å². The normalized spacial score (nSPS) is 20.7. The third-order valence-electron chi connectivity index (χ3n) is 3.94. The number of hydrogen-bond acceptors (Lipinski definition) is 5. The largest absolute Gasteiger partial charge is 0.324 e. The van der Waals surface area contributed by atoms with Gasteiger partial charge in [0.05, 0.1) is 6.54 Å². The zero-order valence-corrected chi connectivity index (χ0v) is 13.4. The van der Waals surface area contributed by atoms with Crippen LogP contribution in [0.15, 0.2) is 34.3 Å². The Morgan fingerprint density at radius 1 is 1.29 bits per heavy atom. The molecule has 0 amide bonds. The first-order valence-electron chi connectivity index (χ1n) is 7.36. The van der Waals surface area contributed by atoms with Gasteiger partial charge >= 0.3 is 0 Å². The molecule has 1 saturated carbocycles. The molecule has 2 heterocycles. The van der Waals surface area contributed by atoms with Gasteiger partial charge in [-0.3, -0.25) is 0 Å². The maximum absolute atomic E-state index is 5.77. The summed E-state index contributed by atoms with van der Waals surface area (Å²) in [6.45, 7) is 0.480. The van der Waals surface area contributed by atoms with E-state index in [2.05, 4.69) is 39.0 Å². The lowest BCUT2D eigenvalue weighted by Crippen LogP contribution is -2.09. The molecular formula is C15H18N4S2. The standard InChI is InChI=1S/C15H18N4S2/c16-8-14-17-18-15(19(14)11-5-6-11)20-9-12-7-10-3-1-2-4-13(10)21-12/h1-4,11-12H,5-9,16H2. The van der Waals surface area contributed by atoms with Crippen LogP contribution in [0, 0.1) is 0 Å². The van der Waals surface area contributed by atoms with Gasteiger partial charge in [-0.25, -0.2) is 0 Å². The third-order valence-corrected chi connectivity index (χ3v) is 6.58. The summed E-state index contributed by atoms with van der Waals surface area (Å²) in [6.07, 6.45) is 3.64. The molecule has 1 aromatic heterocycles. The predicted molar refractivity (Wildman–Crippen MR) is 86.7 cm³/mol. The molecule has 6 heteroatoms. The zero-order chi connectivity index (χ0) is 14.2. The van der Waals surface area contributed by atoms with Crippen LogP contribution in [0.1, 0.15) is 30.3 Å². The van der Waals surface area contributed by atoms with E-state index >= 15 is 0 Å². The first kappa shape index (κ1) is 13.7. The van der Waals surface area contributed by atoms with E-state index in [9.17, 15) is 0 Å². The van der Waals surface area contributed by atoms with Crippen LogP contribution >= 0.6 is 23.5 Å². The molecule has 2 aliphatic rings. The summed E-state index contributed by atoms with van der Waals surface area (Å²) in [4.78, 5) is 1.44. The van der Waals surface area contributed by atoms with E-state index in [1.807, 2.05) is 23.5 Å². The fourth-order valence-electron chi connectivity index (χ4n) is 2.76. The maximum Gasteiger partial charge on any atom is 0.191 e. The monoisotopic (exact) mass is 318 g/mol. The predicted octanol–water partition coefficient (Wildman–Crippen LogP) is 2.88. The second-order valence-corrected chi connectivity index (χ2v) is 7.90. The minimum Gasteiger partial charge on any atom is -0.324 e. The highest BCUT2D eigenvalue weighted by Gasteiger charge is 2.30. The number of hydrogen-bond donors (Lipinski definition) is 1. The molecule has 0 saturated heterocycles. The number of rotatable bonds is 5.